The second-order valence-electron chi connectivity index (χ2n) is 19.7. The van der Waals surface area contributed by atoms with E-state index in [2.05, 4.69) is 36.9 Å². The lowest BCUT2D eigenvalue weighted by Gasteiger charge is -2.35. The van der Waals surface area contributed by atoms with E-state index >= 15 is 0 Å². The number of carbonyl (C=O) groups is 3. The molecule has 0 spiro atoms. The van der Waals surface area contributed by atoms with Crippen LogP contribution in [0.25, 0.3) is 21.3 Å². The highest BCUT2D eigenvalue weighted by Crippen LogP contribution is 2.41. The molecule has 0 saturated carbocycles. The van der Waals surface area contributed by atoms with Crippen molar-refractivity contribution in [1.29, 1.82) is 5.26 Å². The van der Waals surface area contributed by atoms with Gasteiger partial charge in [0.05, 0.1) is 81.6 Å². The number of halogens is 2. The van der Waals surface area contributed by atoms with Crippen molar-refractivity contribution in [2.45, 2.75) is 97.4 Å². The second kappa shape index (κ2) is 25.5. The number of methoxy groups -OCH3 is 2. The van der Waals surface area contributed by atoms with Gasteiger partial charge in [0.25, 0.3) is 0 Å². The van der Waals surface area contributed by atoms with Gasteiger partial charge in [0.1, 0.15) is 17.9 Å². The number of β-amino-alcohol motifs (C(OH)–C–C–N with tert-alkyl or cyclic N) is 1. The number of nitrogens with zero attached hydrogens (tertiary/aromatic N) is 6. The molecule has 0 bridgehead atoms. The standard InChI is InChI=1S/C54H67Cl2N9O7S/c1-34-50(73-33-61-34)36-15-13-35(14-16-36)30-60-52(68)44-24-38(66)32-65(44)53(69)51(54(2,3)4)58-17-10-8-7-9-12-48(67)64-21-19-63(20-22-64)18-11-23-72-47-27-42-39(25-46(47)71-6)49(37(29-57)31-59-42)62-43-28-45(70-5)41(56)26-40(43)55/h13-16,25-28,31,33,38,44,51,58,66H,7-12,17-24,30,32H2,1-6H3,(H,59,62)(H,60,68)/t38-,44+,51-/m1/s1. The summed E-state index contributed by atoms with van der Waals surface area (Å²) < 4.78 is 17.3. The Balaban J connectivity index is 0.791. The van der Waals surface area contributed by atoms with Crippen molar-refractivity contribution >= 4 is 74.5 Å². The van der Waals surface area contributed by atoms with Gasteiger partial charge in [0.2, 0.25) is 17.7 Å². The third-order valence-electron chi connectivity index (χ3n) is 13.4. The smallest absolute Gasteiger partial charge is 0.243 e. The van der Waals surface area contributed by atoms with Gasteiger partial charge in [-0.2, -0.15) is 5.26 Å². The molecule has 2 fully saturated rings. The van der Waals surface area contributed by atoms with Crippen molar-refractivity contribution in [2.24, 2.45) is 5.41 Å². The van der Waals surface area contributed by atoms with Gasteiger partial charge in [-0.05, 0) is 61.4 Å². The third kappa shape index (κ3) is 14.1. The van der Waals surface area contributed by atoms with Gasteiger partial charge in [-0.1, -0.05) is 81.1 Å². The molecular formula is C54H67Cl2N9O7S. The molecule has 390 valence electrons. The van der Waals surface area contributed by atoms with Gasteiger partial charge < -0.3 is 45.1 Å². The number of benzene rings is 3. The average molecular weight is 1060 g/mol. The summed E-state index contributed by atoms with van der Waals surface area (Å²) in [6.07, 6.45) is 5.65. The van der Waals surface area contributed by atoms with Crippen LogP contribution in [0, 0.1) is 23.7 Å². The van der Waals surface area contributed by atoms with E-state index in [-0.39, 0.29) is 30.7 Å². The number of aliphatic hydroxyl groups excluding tert-OH is 1. The van der Waals surface area contributed by atoms with E-state index in [0.717, 1.165) is 73.4 Å². The fourth-order valence-electron chi connectivity index (χ4n) is 9.35. The minimum absolute atomic E-state index is 0.114. The number of rotatable bonds is 22. The molecule has 2 aromatic heterocycles. The highest BCUT2D eigenvalue weighted by atomic mass is 35.5. The molecule has 4 N–H and O–H groups in total. The van der Waals surface area contributed by atoms with Gasteiger partial charge in [-0.15, -0.1) is 11.3 Å². The number of piperazine rings is 1. The zero-order valence-electron chi connectivity index (χ0n) is 42.6. The molecule has 19 heteroatoms. The maximum absolute atomic E-state index is 14.1. The minimum Gasteiger partial charge on any atom is -0.495 e. The number of pyridine rings is 1. The first kappa shape index (κ1) is 55.0. The molecule has 0 radical (unpaired) electrons. The summed E-state index contributed by atoms with van der Waals surface area (Å²) in [6, 6.07) is 15.8. The van der Waals surface area contributed by atoms with Crippen LogP contribution in [-0.4, -0.2) is 132 Å². The molecule has 3 amide bonds. The number of aromatic nitrogens is 2. The molecule has 0 unspecified atom stereocenters. The Morgan fingerprint density at radius 2 is 1.67 bits per heavy atom. The summed E-state index contributed by atoms with van der Waals surface area (Å²) in [5.41, 5.74) is 6.33. The SMILES string of the molecule is COc1cc(Nc2c(C#N)cnc3cc(OCCCN4CCN(C(=O)CCCCCCN[C@H](C(=O)N5C[C@H](O)C[C@H]5C(=O)NCc5ccc(-c6scnc6C)cc5)C(C)(C)C)CC4)c(OC)cc23)c(Cl)cc1Cl. The van der Waals surface area contributed by atoms with Crippen LogP contribution in [-0.2, 0) is 20.9 Å². The zero-order chi connectivity index (χ0) is 52.2. The number of hydrogen-bond donors (Lipinski definition) is 4. The Hall–Kier alpha value is -5.74. The lowest BCUT2D eigenvalue weighted by molar-refractivity contribution is -0.142. The molecule has 2 saturated heterocycles. The number of anilines is 2. The number of aryl methyl sites for hydroxylation is 1. The van der Waals surface area contributed by atoms with Gasteiger partial charge in [0.15, 0.2) is 11.5 Å². The largest absolute Gasteiger partial charge is 0.495 e. The lowest BCUT2D eigenvalue weighted by atomic mass is 9.85. The maximum Gasteiger partial charge on any atom is 0.243 e. The van der Waals surface area contributed by atoms with Crippen molar-refractivity contribution in [2.75, 3.05) is 72.0 Å². The number of aliphatic hydroxyl groups is 1. The molecule has 16 nitrogen and oxygen atoms in total. The quantitative estimate of drug-likeness (QED) is 0.0481. The fraction of sp³-hybridized carbons (Fsp3) is 0.481. The topological polar surface area (TPSA) is 195 Å². The summed E-state index contributed by atoms with van der Waals surface area (Å²) in [5, 5.41) is 31.7. The number of fused-ring (bicyclic) bond motifs is 1. The van der Waals surface area contributed by atoms with E-state index < -0.39 is 23.6 Å². The van der Waals surface area contributed by atoms with Crippen molar-refractivity contribution in [3.63, 3.8) is 0 Å². The summed E-state index contributed by atoms with van der Waals surface area (Å²) in [5.74, 6) is 1.18. The Bertz CT molecular complexity index is 2760. The van der Waals surface area contributed by atoms with E-state index in [1.807, 2.05) is 62.4 Å². The first-order valence-electron chi connectivity index (χ1n) is 24.9. The Morgan fingerprint density at radius 1 is 0.932 bits per heavy atom. The van der Waals surface area contributed by atoms with Crippen LogP contribution in [0.15, 0.2) is 60.2 Å². The summed E-state index contributed by atoms with van der Waals surface area (Å²) in [6.45, 7) is 13.3. The van der Waals surface area contributed by atoms with Gasteiger partial charge >= 0.3 is 0 Å². The molecular weight excluding hydrogens is 990 g/mol. The number of nitrogens with one attached hydrogen (secondary N) is 3. The number of hydrogen-bond acceptors (Lipinski definition) is 14. The van der Waals surface area contributed by atoms with E-state index in [0.29, 0.717) is 94.3 Å². The number of nitriles is 1. The highest BCUT2D eigenvalue weighted by Gasteiger charge is 2.43. The Labute approximate surface area is 442 Å². The highest BCUT2D eigenvalue weighted by molar-refractivity contribution is 7.13. The minimum atomic E-state index is -0.774. The van der Waals surface area contributed by atoms with Crippen LogP contribution in [0.1, 0.15) is 82.5 Å². The number of thiazole rings is 1. The second-order valence-corrected chi connectivity index (χ2v) is 21.4. The molecule has 3 atom stereocenters. The molecule has 73 heavy (non-hydrogen) atoms. The normalized spacial score (nSPS) is 16.5. The van der Waals surface area contributed by atoms with E-state index in [1.54, 1.807) is 47.6 Å². The van der Waals surface area contributed by atoms with E-state index in [1.165, 1.54) is 13.3 Å². The summed E-state index contributed by atoms with van der Waals surface area (Å²) in [7, 11) is 3.08. The molecule has 4 heterocycles. The van der Waals surface area contributed by atoms with Crippen LogP contribution in [0.3, 0.4) is 0 Å². The van der Waals surface area contributed by atoms with Crippen LogP contribution in [0.5, 0.6) is 17.2 Å². The summed E-state index contributed by atoms with van der Waals surface area (Å²) in [4.78, 5) is 56.6. The van der Waals surface area contributed by atoms with Crippen LogP contribution >= 0.6 is 34.5 Å². The molecule has 0 aliphatic carbocycles. The average Bonchev–Trinajstić information content (AvgIpc) is 4.00. The van der Waals surface area contributed by atoms with Crippen molar-refractivity contribution in [3.8, 4) is 33.8 Å². The monoisotopic (exact) mass is 1060 g/mol. The number of unbranched alkanes of at least 4 members (excludes halogenated alkanes) is 3. The third-order valence-corrected chi connectivity index (χ3v) is 15.0. The summed E-state index contributed by atoms with van der Waals surface area (Å²) >= 11 is 14.4. The Kier molecular flexibility index (Phi) is 19.2. The number of amides is 3. The predicted octanol–water partition coefficient (Wildman–Crippen LogP) is 8.75. The van der Waals surface area contributed by atoms with E-state index in [4.69, 9.17) is 37.4 Å². The van der Waals surface area contributed by atoms with Crippen molar-refractivity contribution < 1.29 is 33.7 Å². The van der Waals surface area contributed by atoms with Crippen LogP contribution in [0.2, 0.25) is 10.0 Å². The zero-order valence-corrected chi connectivity index (χ0v) is 44.9. The molecule has 5 aromatic rings. The molecule has 2 aliphatic heterocycles. The van der Waals surface area contributed by atoms with Gasteiger partial charge in [-0.3, -0.25) is 24.3 Å². The number of ether oxygens (including phenoxy) is 3. The molecule has 3 aromatic carbocycles. The number of likely N-dealkylation sites (tertiary alicyclic amines) is 1. The van der Waals surface area contributed by atoms with Crippen LogP contribution < -0.4 is 30.2 Å². The predicted molar refractivity (Wildman–Crippen MR) is 287 cm³/mol. The first-order chi connectivity index (χ1) is 35.1. The van der Waals surface area contributed by atoms with Crippen molar-refractivity contribution in [1.82, 2.24) is 35.3 Å². The lowest BCUT2D eigenvalue weighted by Crippen LogP contribution is -2.56. The van der Waals surface area contributed by atoms with Crippen molar-refractivity contribution in [3.05, 3.63) is 87.1 Å². The van der Waals surface area contributed by atoms with E-state index in [9.17, 15) is 24.8 Å². The molecule has 2 aliphatic rings. The molecule has 7 rings (SSSR count). The van der Waals surface area contributed by atoms with Gasteiger partial charge in [-0.25, -0.2) is 4.98 Å². The first-order valence-corrected chi connectivity index (χ1v) is 26.5. The van der Waals surface area contributed by atoms with Crippen LogP contribution in [0.4, 0.5) is 11.4 Å². The maximum atomic E-state index is 14.1. The van der Waals surface area contributed by atoms with Gasteiger partial charge in [0, 0.05) is 82.4 Å². The Morgan fingerprint density at radius 3 is 2.36 bits per heavy atom. The number of carbonyl (C=O) groups excluding carboxylic acids is 3. The fourth-order valence-corrected chi connectivity index (χ4v) is 10.7.